The maximum Gasteiger partial charge on any atom is -0.00373 e. The largest absolute Gasteiger partial charge is 0.103 e. The lowest BCUT2D eigenvalue weighted by Crippen LogP contribution is -2.55. The highest BCUT2D eigenvalue weighted by Crippen LogP contribution is 2.68. The number of allylic oxidation sites excluding steroid dienone is 1. The van der Waals surface area contributed by atoms with Gasteiger partial charge in [0, 0.05) is 0 Å². The fourth-order valence-electron chi connectivity index (χ4n) is 9.85. The summed E-state index contributed by atoms with van der Waals surface area (Å²) in [6.45, 7) is 16.8. The zero-order valence-electron chi connectivity index (χ0n) is 22.0. The summed E-state index contributed by atoms with van der Waals surface area (Å²) in [5.74, 6) is 7.25. The Labute approximate surface area is 205 Å². The van der Waals surface area contributed by atoms with Gasteiger partial charge in [0.05, 0.1) is 0 Å². The number of thiocarbonyl (C=S) groups is 1. The molecule has 4 aliphatic carbocycles. The van der Waals surface area contributed by atoms with Crippen molar-refractivity contribution in [2.45, 2.75) is 118 Å². The fraction of sp³-hybridized carbons (Fsp3) is 0.903. The summed E-state index contributed by atoms with van der Waals surface area (Å²) in [4.78, 5) is 1.41. The number of hydrogen-bond donors (Lipinski definition) is 0. The molecule has 4 saturated carbocycles. The van der Waals surface area contributed by atoms with Crippen molar-refractivity contribution < 1.29 is 0 Å². The van der Waals surface area contributed by atoms with Crippen molar-refractivity contribution in [1.82, 2.24) is 0 Å². The maximum atomic E-state index is 5.96. The van der Waals surface area contributed by atoms with Crippen molar-refractivity contribution in [3.8, 4) is 0 Å². The lowest BCUT2D eigenvalue weighted by atomic mass is 9.43. The van der Waals surface area contributed by atoms with E-state index in [4.69, 9.17) is 12.2 Å². The summed E-state index contributed by atoms with van der Waals surface area (Å²) in [7, 11) is 0. The van der Waals surface area contributed by atoms with Gasteiger partial charge in [-0.25, -0.2) is 0 Å². The highest BCUT2D eigenvalue weighted by molar-refractivity contribution is 7.80. The Hall–Kier alpha value is -0.170. The van der Waals surface area contributed by atoms with Gasteiger partial charge >= 0.3 is 0 Å². The summed E-state index contributed by atoms with van der Waals surface area (Å²) in [5, 5.41) is 0. The maximum absolute atomic E-state index is 5.96. The summed E-state index contributed by atoms with van der Waals surface area (Å²) in [6, 6.07) is 0. The molecule has 4 fully saturated rings. The lowest BCUT2D eigenvalue weighted by Gasteiger charge is -2.61. The van der Waals surface area contributed by atoms with Crippen LogP contribution in [0.15, 0.2) is 12.7 Å². The van der Waals surface area contributed by atoms with Gasteiger partial charge in [-0.2, -0.15) is 0 Å². The van der Waals surface area contributed by atoms with Crippen molar-refractivity contribution in [3.63, 3.8) is 0 Å². The van der Waals surface area contributed by atoms with Crippen LogP contribution in [0.4, 0.5) is 0 Å². The second-order valence-electron chi connectivity index (χ2n) is 13.6. The first-order valence-electron chi connectivity index (χ1n) is 14.3. The smallest absolute Gasteiger partial charge is 0.00373 e. The van der Waals surface area contributed by atoms with Crippen LogP contribution >= 0.6 is 12.2 Å². The quantitative estimate of drug-likeness (QED) is 0.259. The average molecular weight is 457 g/mol. The third kappa shape index (κ3) is 4.43. The Kier molecular flexibility index (Phi) is 7.66. The van der Waals surface area contributed by atoms with Crippen molar-refractivity contribution in [2.24, 2.45) is 58.2 Å². The van der Waals surface area contributed by atoms with Gasteiger partial charge in [0.2, 0.25) is 0 Å². The second kappa shape index (κ2) is 9.83. The standard InChI is InChI=1S/C31H52S/c1-7-8-12-23-20-31(6)24(19-29(23)32)13-14-25-27-16-15-26(22(4)11-9-10-21(2)3)30(27,5)18-17-28(25)31/h7,21-28H,1,8-20H2,2-6H3/t22-,23-,24+,25+,26-,27+,28+,30-,31+/m1/s1. The predicted molar refractivity (Wildman–Crippen MR) is 144 cm³/mol. The third-order valence-corrected chi connectivity index (χ3v) is 12.1. The minimum absolute atomic E-state index is 0.541. The molecule has 0 aliphatic heterocycles. The first-order chi connectivity index (χ1) is 15.2. The summed E-state index contributed by atoms with van der Waals surface area (Å²) >= 11 is 5.96. The Balaban J connectivity index is 1.47. The molecule has 32 heavy (non-hydrogen) atoms. The highest BCUT2D eigenvalue weighted by atomic mass is 32.1. The Bertz CT molecular complexity index is 678. The molecule has 0 heterocycles. The number of hydrogen-bond acceptors (Lipinski definition) is 1. The molecule has 0 radical (unpaired) electrons. The Morgan fingerprint density at radius 2 is 1.75 bits per heavy atom. The minimum Gasteiger partial charge on any atom is -0.103 e. The molecule has 0 amide bonds. The van der Waals surface area contributed by atoms with Crippen molar-refractivity contribution >= 4 is 17.1 Å². The Morgan fingerprint density at radius 3 is 2.47 bits per heavy atom. The fourth-order valence-corrected chi connectivity index (χ4v) is 10.3. The van der Waals surface area contributed by atoms with Gasteiger partial charge in [-0.3, -0.25) is 0 Å². The molecule has 0 spiro atoms. The van der Waals surface area contributed by atoms with Crippen LogP contribution in [0.3, 0.4) is 0 Å². The van der Waals surface area contributed by atoms with E-state index in [1.165, 1.54) is 81.9 Å². The molecule has 0 aromatic carbocycles. The van der Waals surface area contributed by atoms with E-state index in [0.29, 0.717) is 16.7 Å². The highest BCUT2D eigenvalue weighted by Gasteiger charge is 2.61. The molecule has 0 unspecified atom stereocenters. The third-order valence-electron chi connectivity index (χ3n) is 11.6. The molecule has 182 valence electrons. The first kappa shape index (κ1) is 24.9. The van der Waals surface area contributed by atoms with E-state index < -0.39 is 0 Å². The molecule has 0 nitrogen and oxygen atoms in total. The molecule has 4 rings (SSSR count). The molecule has 0 N–H and O–H groups in total. The van der Waals surface area contributed by atoms with Crippen molar-refractivity contribution in [2.75, 3.05) is 0 Å². The lowest BCUT2D eigenvalue weighted by molar-refractivity contribution is -0.110. The van der Waals surface area contributed by atoms with Crippen LogP contribution in [0.25, 0.3) is 0 Å². The van der Waals surface area contributed by atoms with Crippen LogP contribution in [0.5, 0.6) is 0 Å². The van der Waals surface area contributed by atoms with Gasteiger partial charge in [0.25, 0.3) is 0 Å². The van der Waals surface area contributed by atoms with E-state index in [1.807, 2.05) is 0 Å². The van der Waals surface area contributed by atoms with Gasteiger partial charge in [0.1, 0.15) is 0 Å². The number of rotatable bonds is 8. The zero-order valence-corrected chi connectivity index (χ0v) is 22.8. The van der Waals surface area contributed by atoms with Crippen LogP contribution in [-0.4, -0.2) is 4.86 Å². The van der Waals surface area contributed by atoms with Crippen molar-refractivity contribution in [3.05, 3.63) is 12.7 Å². The van der Waals surface area contributed by atoms with Gasteiger partial charge in [-0.15, -0.1) is 6.58 Å². The van der Waals surface area contributed by atoms with Crippen LogP contribution < -0.4 is 0 Å². The van der Waals surface area contributed by atoms with Gasteiger partial charge < -0.3 is 0 Å². The molecule has 0 bridgehead atoms. The number of fused-ring (bicyclic) bond motifs is 5. The van der Waals surface area contributed by atoms with Crippen LogP contribution in [0.1, 0.15) is 118 Å². The van der Waals surface area contributed by atoms with Gasteiger partial charge in [0.15, 0.2) is 0 Å². The van der Waals surface area contributed by atoms with Gasteiger partial charge in [-0.05, 0) is 127 Å². The molecular weight excluding hydrogens is 404 g/mol. The van der Waals surface area contributed by atoms with E-state index >= 15 is 0 Å². The first-order valence-corrected chi connectivity index (χ1v) is 14.7. The van der Waals surface area contributed by atoms with Crippen LogP contribution in [0, 0.1) is 58.2 Å². The van der Waals surface area contributed by atoms with E-state index in [1.54, 1.807) is 0 Å². The summed E-state index contributed by atoms with van der Waals surface area (Å²) < 4.78 is 0. The molecular formula is C31H52S. The van der Waals surface area contributed by atoms with E-state index in [0.717, 1.165) is 47.8 Å². The Morgan fingerprint density at radius 1 is 1.00 bits per heavy atom. The second-order valence-corrected chi connectivity index (χ2v) is 14.1. The monoisotopic (exact) mass is 456 g/mol. The summed E-state index contributed by atoms with van der Waals surface area (Å²) in [5.41, 5.74) is 1.16. The van der Waals surface area contributed by atoms with Gasteiger partial charge in [-0.1, -0.05) is 72.2 Å². The minimum atomic E-state index is 0.541. The summed E-state index contributed by atoms with van der Waals surface area (Å²) in [6.07, 6.45) is 20.4. The topological polar surface area (TPSA) is 0 Å². The molecule has 4 aliphatic rings. The molecule has 1 heteroatoms. The van der Waals surface area contributed by atoms with E-state index in [2.05, 4.69) is 47.3 Å². The van der Waals surface area contributed by atoms with Crippen LogP contribution in [-0.2, 0) is 0 Å². The molecule has 0 saturated heterocycles. The molecule has 0 aromatic rings. The predicted octanol–water partition coefficient (Wildman–Crippen LogP) is 9.67. The van der Waals surface area contributed by atoms with E-state index in [9.17, 15) is 0 Å². The SMILES string of the molecule is C=CCC[C@@H]1C[C@@]2(C)[C@@H](CC[C@@H]3[C@@H]2CC[C@]2(C)[C@@H]([C@H](C)CCCC(C)C)CC[C@@H]32)CC1=S. The molecule has 0 aromatic heterocycles. The normalized spacial score (nSPS) is 44.6. The van der Waals surface area contributed by atoms with Crippen LogP contribution in [0.2, 0.25) is 0 Å². The molecule has 9 atom stereocenters. The van der Waals surface area contributed by atoms with Crippen molar-refractivity contribution in [1.29, 1.82) is 0 Å². The van der Waals surface area contributed by atoms with E-state index in [-0.39, 0.29) is 0 Å². The average Bonchev–Trinajstić information content (AvgIpc) is 3.09. The zero-order chi connectivity index (χ0) is 23.1.